The monoisotopic (exact) mass is 458 g/mol. The highest BCUT2D eigenvalue weighted by Gasteiger charge is 2.60. The van der Waals surface area contributed by atoms with Crippen LogP contribution in [0, 0.1) is 12.3 Å². The Balaban J connectivity index is 1.61. The molecule has 1 aromatic carbocycles. The first-order chi connectivity index (χ1) is 15.6. The van der Waals surface area contributed by atoms with Crippen LogP contribution in [0.4, 0.5) is 0 Å². The van der Waals surface area contributed by atoms with Crippen LogP contribution >= 0.6 is 0 Å². The standard InChI is InChI=1S/C27H42N2O4/c1-18-9-7-10-21(15-18)33-23-12-8-11-22(25(23)31)29-20(17-28-19(2)30)16-26(3)24(29)13-5-6-14-27(26,4)32/h7,9-10,15,20,22-25,31-32H,5-6,8,11-14,16-17H2,1-4H3,(H,28,30)/t20-,22+,23-,24-,25-,26-,27+/m1/s1. The number of nitrogens with zero attached hydrogens (tertiary/aromatic N) is 1. The van der Waals surface area contributed by atoms with E-state index in [1.807, 2.05) is 38.1 Å². The maximum absolute atomic E-state index is 11.8. The Morgan fingerprint density at radius 3 is 2.73 bits per heavy atom. The van der Waals surface area contributed by atoms with Gasteiger partial charge >= 0.3 is 0 Å². The molecule has 2 aliphatic carbocycles. The number of hydrogen-bond donors (Lipinski definition) is 3. The number of likely N-dealkylation sites (tertiary alicyclic amines) is 1. The molecule has 3 aliphatic rings. The number of nitrogens with one attached hydrogen (secondary N) is 1. The molecule has 0 bridgehead atoms. The maximum atomic E-state index is 11.8. The van der Waals surface area contributed by atoms with Gasteiger partial charge < -0.3 is 20.3 Å². The van der Waals surface area contributed by atoms with Crippen LogP contribution in [-0.2, 0) is 4.79 Å². The number of carbonyl (C=O) groups is 1. The molecular formula is C27H42N2O4. The van der Waals surface area contributed by atoms with E-state index in [2.05, 4.69) is 17.1 Å². The quantitative estimate of drug-likeness (QED) is 0.629. The number of ether oxygens (including phenoxy) is 1. The van der Waals surface area contributed by atoms with Gasteiger partial charge in [0, 0.05) is 37.0 Å². The number of aliphatic hydroxyl groups is 2. The molecule has 1 amide bonds. The third kappa shape index (κ3) is 4.80. The van der Waals surface area contributed by atoms with Crippen molar-refractivity contribution in [2.24, 2.45) is 5.41 Å². The van der Waals surface area contributed by atoms with Crippen molar-refractivity contribution in [2.75, 3.05) is 6.54 Å². The van der Waals surface area contributed by atoms with E-state index < -0.39 is 11.7 Å². The fourth-order valence-electron chi connectivity index (χ4n) is 6.83. The van der Waals surface area contributed by atoms with Crippen molar-refractivity contribution >= 4 is 5.91 Å². The summed E-state index contributed by atoms with van der Waals surface area (Å²) >= 11 is 0. The SMILES string of the molecule is CC(=O)NC[C@H]1C[C@]2(C)[C@@H](CCCC[C@]2(C)O)N1[C@H]1CCC[C@@H](Oc2cccc(C)c2)[C@@H]1O. The lowest BCUT2D eigenvalue weighted by molar-refractivity contribution is -0.119. The number of benzene rings is 1. The summed E-state index contributed by atoms with van der Waals surface area (Å²) in [6, 6.07) is 8.22. The number of amides is 1. The van der Waals surface area contributed by atoms with Gasteiger partial charge in [0.15, 0.2) is 0 Å². The first-order valence-electron chi connectivity index (χ1n) is 12.8. The second-order valence-electron chi connectivity index (χ2n) is 11.2. The molecule has 0 aromatic heterocycles. The third-order valence-corrected chi connectivity index (χ3v) is 8.81. The number of aryl methyl sites for hydroxylation is 1. The molecule has 7 atom stereocenters. The first-order valence-corrected chi connectivity index (χ1v) is 12.8. The van der Waals surface area contributed by atoms with Gasteiger partial charge in [0.25, 0.3) is 0 Å². The van der Waals surface area contributed by atoms with E-state index in [0.717, 1.165) is 62.7 Å². The number of carbonyl (C=O) groups excluding carboxylic acids is 1. The number of rotatable bonds is 5. The highest BCUT2D eigenvalue weighted by molar-refractivity contribution is 5.72. The summed E-state index contributed by atoms with van der Waals surface area (Å²) in [5.41, 5.74) is 0.0891. The van der Waals surface area contributed by atoms with E-state index in [4.69, 9.17) is 4.74 Å². The van der Waals surface area contributed by atoms with E-state index in [0.29, 0.717) is 6.54 Å². The van der Waals surface area contributed by atoms with Crippen LogP contribution in [0.2, 0.25) is 0 Å². The van der Waals surface area contributed by atoms with Crippen molar-refractivity contribution in [1.29, 1.82) is 0 Å². The van der Waals surface area contributed by atoms with E-state index in [1.165, 1.54) is 0 Å². The summed E-state index contributed by atoms with van der Waals surface area (Å²) < 4.78 is 6.30. The minimum atomic E-state index is -0.769. The highest BCUT2D eigenvalue weighted by atomic mass is 16.5. The normalized spacial score (nSPS) is 39.5. The number of fused-ring (bicyclic) bond motifs is 1. The molecule has 6 heteroatoms. The van der Waals surface area contributed by atoms with Gasteiger partial charge in [-0.25, -0.2) is 0 Å². The fourth-order valence-corrected chi connectivity index (χ4v) is 6.83. The van der Waals surface area contributed by atoms with Gasteiger partial charge in [-0.3, -0.25) is 9.69 Å². The second kappa shape index (κ2) is 9.55. The second-order valence-corrected chi connectivity index (χ2v) is 11.2. The molecule has 4 rings (SSSR count). The Kier molecular flexibility index (Phi) is 7.09. The predicted octanol–water partition coefficient (Wildman–Crippen LogP) is 3.57. The molecule has 6 nitrogen and oxygen atoms in total. The van der Waals surface area contributed by atoms with Crippen LogP contribution < -0.4 is 10.1 Å². The van der Waals surface area contributed by atoms with Gasteiger partial charge in [-0.05, 0) is 70.1 Å². The number of hydrogen-bond acceptors (Lipinski definition) is 5. The van der Waals surface area contributed by atoms with E-state index in [-0.39, 0.29) is 35.6 Å². The van der Waals surface area contributed by atoms with Gasteiger partial charge in [0.2, 0.25) is 5.91 Å². The molecule has 1 heterocycles. The third-order valence-electron chi connectivity index (χ3n) is 8.81. The van der Waals surface area contributed by atoms with Crippen molar-refractivity contribution in [3.05, 3.63) is 29.8 Å². The smallest absolute Gasteiger partial charge is 0.216 e. The molecule has 184 valence electrons. The molecule has 1 aromatic rings. The van der Waals surface area contributed by atoms with Crippen LogP contribution in [0.15, 0.2) is 24.3 Å². The molecule has 3 N–H and O–H groups in total. The van der Waals surface area contributed by atoms with Crippen LogP contribution in [-0.4, -0.2) is 63.5 Å². The topological polar surface area (TPSA) is 82.0 Å². The van der Waals surface area contributed by atoms with E-state index in [9.17, 15) is 15.0 Å². The maximum Gasteiger partial charge on any atom is 0.216 e. The molecule has 1 saturated heterocycles. The van der Waals surface area contributed by atoms with Crippen molar-refractivity contribution in [3.63, 3.8) is 0 Å². The van der Waals surface area contributed by atoms with Crippen molar-refractivity contribution < 1.29 is 19.7 Å². The summed E-state index contributed by atoms with van der Waals surface area (Å²) in [7, 11) is 0. The molecule has 33 heavy (non-hydrogen) atoms. The zero-order valence-electron chi connectivity index (χ0n) is 20.7. The Bertz CT molecular complexity index is 843. The molecule has 3 fully saturated rings. The van der Waals surface area contributed by atoms with Crippen molar-refractivity contribution in [1.82, 2.24) is 10.2 Å². The summed E-state index contributed by atoms with van der Waals surface area (Å²) in [5.74, 6) is 0.766. The lowest BCUT2D eigenvalue weighted by atomic mass is 9.67. The summed E-state index contributed by atoms with van der Waals surface area (Å²) in [4.78, 5) is 14.2. The van der Waals surface area contributed by atoms with Crippen LogP contribution in [0.5, 0.6) is 5.75 Å². The van der Waals surface area contributed by atoms with Gasteiger partial charge in [-0.15, -0.1) is 0 Å². The summed E-state index contributed by atoms with van der Waals surface area (Å²) in [6.07, 6.45) is 6.57. The van der Waals surface area contributed by atoms with Gasteiger partial charge in [0.05, 0.1) is 5.60 Å². The highest BCUT2D eigenvalue weighted by Crippen LogP contribution is 2.54. The van der Waals surface area contributed by atoms with E-state index in [1.54, 1.807) is 6.92 Å². The molecule has 0 unspecified atom stereocenters. The largest absolute Gasteiger partial charge is 0.488 e. The van der Waals surface area contributed by atoms with Gasteiger partial charge in [-0.2, -0.15) is 0 Å². The zero-order valence-corrected chi connectivity index (χ0v) is 20.7. The minimum Gasteiger partial charge on any atom is -0.488 e. The van der Waals surface area contributed by atoms with E-state index >= 15 is 0 Å². The van der Waals surface area contributed by atoms with Crippen LogP contribution in [0.1, 0.15) is 77.7 Å². The summed E-state index contributed by atoms with van der Waals surface area (Å²) in [6.45, 7) is 8.36. The van der Waals surface area contributed by atoms with Gasteiger partial charge in [0.1, 0.15) is 18.0 Å². The molecule has 0 spiro atoms. The van der Waals surface area contributed by atoms with Crippen LogP contribution in [0.3, 0.4) is 0 Å². The molecule has 1 aliphatic heterocycles. The Hall–Kier alpha value is -1.63. The van der Waals surface area contributed by atoms with Crippen LogP contribution in [0.25, 0.3) is 0 Å². The average Bonchev–Trinajstić information content (AvgIpc) is 2.98. The van der Waals surface area contributed by atoms with Crippen molar-refractivity contribution in [2.45, 2.75) is 115 Å². The molecular weight excluding hydrogens is 416 g/mol. The Labute approximate surface area is 198 Å². The van der Waals surface area contributed by atoms with Crippen molar-refractivity contribution in [3.8, 4) is 5.75 Å². The fraction of sp³-hybridized carbons (Fsp3) is 0.741. The molecule has 0 radical (unpaired) electrons. The lowest BCUT2D eigenvalue weighted by Crippen LogP contribution is -2.60. The first kappa shape index (κ1) is 24.5. The Morgan fingerprint density at radius 2 is 2.00 bits per heavy atom. The molecule has 2 saturated carbocycles. The Morgan fingerprint density at radius 1 is 1.21 bits per heavy atom. The number of aliphatic hydroxyl groups excluding tert-OH is 1. The predicted molar refractivity (Wildman–Crippen MR) is 129 cm³/mol. The minimum absolute atomic E-state index is 0.0381. The lowest BCUT2D eigenvalue weighted by Gasteiger charge is -2.48. The average molecular weight is 459 g/mol. The zero-order chi connectivity index (χ0) is 23.8. The van der Waals surface area contributed by atoms with Gasteiger partial charge in [-0.1, -0.05) is 31.9 Å². The summed E-state index contributed by atoms with van der Waals surface area (Å²) in [5, 5.41) is 26.1.